The van der Waals surface area contributed by atoms with E-state index in [1.54, 1.807) is 16.7 Å². The highest BCUT2D eigenvalue weighted by molar-refractivity contribution is 5.52. The number of hydrogen-bond donors (Lipinski definition) is 0. The minimum atomic E-state index is -0.115. The van der Waals surface area contributed by atoms with Crippen LogP contribution < -0.4 is 25.5 Å². The Morgan fingerprint density at radius 3 is 2.29 bits per heavy atom. The van der Waals surface area contributed by atoms with Crippen molar-refractivity contribution in [1.29, 1.82) is 0 Å². The Morgan fingerprint density at radius 2 is 1.59 bits per heavy atom. The molecule has 2 aromatic carbocycles. The van der Waals surface area contributed by atoms with Crippen LogP contribution in [0, 0.1) is 42.9 Å². The van der Waals surface area contributed by atoms with E-state index in [9.17, 15) is 9.59 Å². The molecule has 8 rings (SSSR count). The van der Waals surface area contributed by atoms with E-state index in [1.807, 2.05) is 30.5 Å². The molecule has 10 heteroatoms. The maximum atomic E-state index is 13.2. The first-order valence-corrected chi connectivity index (χ1v) is 21.1. The lowest BCUT2D eigenvalue weighted by atomic mass is 9.76. The van der Waals surface area contributed by atoms with Gasteiger partial charge in [-0.25, -0.2) is 0 Å². The quantitative estimate of drug-likeness (QED) is 0.135. The second-order valence-electron chi connectivity index (χ2n) is 17.2. The minimum absolute atomic E-state index is 0.0674. The first-order valence-electron chi connectivity index (χ1n) is 21.1. The van der Waals surface area contributed by atoms with Gasteiger partial charge >= 0.3 is 0 Å². The van der Waals surface area contributed by atoms with Gasteiger partial charge in [0.1, 0.15) is 30.8 Å². The summed E-state index contributed by atoms with van der Waals surface area (Å²) >= 11 is 0. The van der Waals surface area contributed by atoms with Crippen LogP contribution in [-0.4, -0.2) is 74.1 Å². The average molecular weight is 788 g/mol. The van der Waals surface area contributed by atoms with E-state index >= 15 is 0 Å². The van der Waals surface area contributed by atoms with Crippen LogP contribution in [0.4, 0.5) is 5.69 Å². The van der Waals surface area contributed by atoms with Crippen LogP contribution in [0.5, 0.6) is 11.5 Å². The molecule has 4 aromatic rings. The fourth-order valence-electron chi connectivity index (χ4n) is 8.87. The average Bonchev–Trinajstić information content (AvgIpc) is 3.96. The number of anilines is 1. The first kappa shape index (κ1) is 40.0. The molecule has 0 spiro atoms. The molecule has 2 aromatic heterocycles. The molecule has 4 fully saturated rings. The molecule has 2 unspecified atom stereocenters. The van der Waals surface area contributed by atoms with Crippen molar-refractivity contribution >= 4 is 5.69 Å². The first-order chi connectivity index (χ1) is 28.1. The Bertz CT molecular complexity index is 2230. The van der Waals surface area contributed by atoms with Crippen LogP contribution in [0.3, 0.4) is 0 Å². The Morgan fingerprint density at radius 1 is 0.845 bits per heavy atom. The smallest absolute Gasteiger partial charge is 0.254 e. The van der Waals surface area contributed by atoms with Gasteiger partial charge in [-0.2, -0.15) is 0 Å². The third-order valence-corrected chi connectivity index (χ3v) is 12.2. The maximum absolute atomic E-state index is 13.2. The molecule has 3 aliphatic heterocycles. The fourth-order valence-corrected chi connectivity index (χ4v) is 8.87. The standard InChI is InChI=1S/C48H57N3O7/c1-33-20-43(58-30-45-28-54-18-19-56-45)24-46(52)50(33)27-37-8-7-9-41(22-37)49-31-48(4,32-49)26-40-23-39(40)16-13-36-11-14-38(15-12-36)35(3)51-34(2)21-44(25-47(51)53)57-29-42-10-5-6-17-55-42/h7-9,11-12,14-15,20-22,24-25,35,39-40,42,45H,5-6,10,17-19,23,26-32H2,1-4H3/t35-,39?,40?,42-,45-/m1/s1. The van der Waals surface area contributed by atoms with Gasteiger partial charge in [0.25, 0.3) is 11.1 Å². The summed E-state index contributed by atoms with van der Waals surface area (Å²) in [5.41, 5.74) is 6.21. The van der Waals surface area contributed by atoms with Crippen molar-refractivity contribution in [3.05, 3.63) is 122 Å². The number of aryl methyl sites for hydroxylation is 2. The molecule has 10 nitrogen and oxygen atoms in total. The summed E-state index contributed by atoms with van der Waals surface area (Å²) < 4.78 is 32.3. The largest absolute Gasteiger partial charge is 0.491 e. The molecular formula is C48H57N3O7. The Hall–Kier alpha value is -4.82. The summed E-state index contributed by atoms with van der Waals surface area (Å²) in [4.78, 5) is 28.7. The van der Waals surface area contributed by atoms with Crippen LogP contribution in [0.15, 0.2) is 82.4 Å². The predicted molar refractivity (Wildman–Crippen MR) is 225 cm³/mol. The lowest BCUT2D eigenvalue weighted by Crippen LogP contribution is -2.55. The zero-order valence-electron chi connectivity index (χ0n) is 34.4. The molecule has 1 saturated carbocycles. The molecule has 3 saturated heterocycles. The van der Waals surface area contributed by atoms with Crippen LogP contribution in [0.1, 0.15) is 80.1 Å². The third kappa shape index (κ3) is 9.71. The molecule has 0 bridgehead atoms. The van der Waals surface area contributed by atoms with Crippen molar-refractivity contribution in [1.82, 2.24) is 9.13 Å². The van der Waals surface area contributed by atoms with Gasteiger partial charge in [0.05, 0.1) is 38.5 Å². The van der Waals surface area contributed by atoms with Gasteiger partial charge in [-0.05, 0) is 106 Å². The molecule has 5 atom stereocenters. The zero-order valence-corrected chi connectivity index (χ0v) is 34.4. The Kier molecular flexibility index (Phi) is 12.1. The van der Waals surface area contributed by atoms with Gasteiger partial charge in [-0.15, -0.1) is 0 Å². The van der Waals surface area contributed by atoms with E-state index in [1.165, 1.54) is 12.1 Å². The summed E-state index contributed by atoms with van der Waals surface area (Å²) in [5, 5.41) is 0. The topological polar surface area (TPSA) is 93.4 Å². The van der Waals surface area contributed by atoms with E-state index in [0.717, 1.165) is 73.5 Å². The maximum Gasteiger partial charge on any atom is 0.254 e. The summed E-state index contributed by atoms with van der Waals surface area (Å²) in [6.45, 7) is 14.2. The van der Waals surface area contributed by atoms with E-state index in [2.05, 4.69) is 79.1 Å². The summed E-state index contributed by atoms with van der Waals surface area (Å²) in [7, 11) is 0. The molecule has 4 aliphatic rings. The van der Waals surface area contributed by atoms with Gasteiger partial charge < -0.3 is 37.7 Å². The Balaban J connectivity index is 0.802. The highest BCUT2D eigenvalue weighted by Gasteiger charge is 2.46. The van der Waals surface area contributed by atoms with Crippen molar-refractivity contribution in [2.75, 3.05) is 57.6 Å². The summed E-state index contributed by atoms with van der Waals surface area (Å²) in [6, 6.07) is 23.8. The lowest BCUT2D eigenvalue weighted by Gasteiger charge is -2.50. The number of hydrogen-bond acceptors (Lipinski definition) is 8. The molecule has 306 valence electrons. The van der Waals surface area contributed by atoms with Crippen molar-refractivity contribution in [3.8, 4) is 23.3 Å². The number of rotatable bonds is 13. The molecule has 1 aliphatic carbocycles. The van der Waals surface area contributed by atoms with Crippen LogP contribution >= 0.6 is 0 Å². The molecule has 0 amide bonds. The Labute approximate surface area is 342 Å². The van der Waals surface area contributed by atoms with Gasteiger partial charge in [0.2, 0.25) is 0 Å². The third-order valence-electron chi connectivity index (χ3n) is 12.2. The van der Waals surface area contributed by atoms with Gasteiger partial charge in [-0.3, -0.25) is 9.59 Å². The van der Waals surface area contributed by atoms with E-state index in [0.29, 0.717) is 62.9 Å². The SMILES string of the molecule is Cc1cc(OC[C@H]2COCCO2)cc(=O)n1Cc1cccc(N2CC(C)(CC3CC3C#Cc3ccc([C@@H](C)n4c(C)cc(OC[C@H]5CCCCO5)cc4=O)cc3)C2)c1. The fraction of sp³-hybridized carbons (Fsp3) is 0.500. The summed E-state index contributed by atoms with van der Waals surface area (Å²) in [5.74, 6) is 9.22. The molecule has 0 radical (unpaired) electrons. The van der Waals surface area contributed by atoms with Crippen LogP contribution in [0.2, 0.25) is 0 Å². The van der Waals surface area contributed by atoms with Crippen LogP contribution in [0.25, 0.3) is 0 Å². The highest BCUT2D eigenvalue weighted by atomic mass is 16.6. The second kappa shape index (κ2) is 17.6. The van der Waals surface area contributed by atoms with E-state index < -0.39 is 0 Å². The minimum Gasteiger partial charge on any atom is -0.491 e. The molecule has 5 heterocycles. The number of benzene rings is 2. The van der Waals surface area contributed by atoms with Gasteiger partial charge in [0.15, 0.2) is 0 Å². The van der Waals surface area contributed by atoms with Crippen molar-refractivity contribution < 1.29 is 23.7 Å². The normalized spacial score (nSPS) is 22.9. The van der Waals surface area contributed by atoms with Gasteiger partial charge in [0, 0.05) is 65.8 Å². The second-order valence-corrected chi connectivity index (χ2v) is 17.2. The molecular weight excluding hydrogens is 731 g/mol. The van der Waals surface area contributed by atoms with Crippen molar-refractivity contribution in [3.63, 3.8) is 0 Å². The van der Waals surface area contributed by atoms with Gasteiger partial charge in [-0.1, -0.05) is 43.0 Å². The number of ether oxygens (including phenoxy) is 5. The molecule has 58 heavy (non-hydrogen) atoms. The van der Waals surface area contributed by atoms with Crippen molar-refractivity contribution in [2.45, 2.75) is 84.6 Å². The zero-order chi connectivity index (χ0) is 40.2. The molecule has 0 N–H and O–H groups in total. The lowest BCUT2D eigenvalue weighted by molar-refractivity contribution is -0.101. The van der Waals surface area contributed by atoms with E-state index in [4.69, 9.17) is 23.7 Å². The number of pyridine rings is 2. The van der Waals surface area contributed by atoms with E-state index in [-0.39, 0.29) is 34.8 Å². The predicted octanol–water partition coefficient (Wildman–Crippen LogP) is 6.93. The number of aromatic nitrogens is 2. The van der Waals surface area contributed by atoms with Crippen LogP contribution in [-0.2, 0) is 20.8 Å². The summed E-state index contributed by atoms with van der Waals surface area (Å²) in [6.07, 6.45) is 5.58. The monoisotopic (exact) mass is 787 g/mol. The van der Waals surface area contributed by atoms with Crippen molar-refractivity contribution in [2.24, 2.45) is 17.3 Å². The number of nitrogens with zero attached hydrogens (tertiary/aromatic N) is 3. The highest BCUT2D eigenvalue weighted by Crippen LogP contribution is 2.49.